The Kier molecular flexibility index (Phi) is 3.53. The number of hydrogen-bond donors (Lipinski definition) is 0. The summed E-state index contributed by atoms with van der Waals surface area (Å²) in [6, 6.07) is 8.82. The molecule has 0 spiro atoms. The van der Waals surface area contributed by atoms with Crippen molar-refractivity contribution >= 4 is 21.9 Å². The van der Waals surface area contributed by atoms with Crippen LogP contribution < -0.4 is 4.74 Å². The Bertz CT molecular complexity index is 662. The molecular formula is C19H20BrNO2. The third-order valence-electron chi connectivity index (χ3n) is 5.85. The van der Waals surface area contributed by atoms with E-state index >= 15 is 0 Å². The molecule has 5 rings (SSSR count). The van der Waals surface area contributed by atoms with Gasteiger partial charge in [-0.1, -0.05) is 15.9 Å². The first kappa shape index (κ1) is 15.2. The molecule has 0 N–H and O–H groups in total. The topological polar surface area (TPSA) is 50.1 Å². The first-order chi connectivity index (χ1) is 11.0. The quantitative estimate of drug-likeness (QED) is 0.442. The molecule has 4 bridgehead atoms. The van der Waals surface area contributed by atoms with Gasteiger partial charge in [0.05, 0.1) is 18.1 Å². The first-order valence-corrected chi connectivity index (χ1v) is 9.17. The van der Waals surface area contributed by atoms with Crippen LogP contribution in [0.25, 0.3) is 0 Å². The van der Waals surface area contributed by atoms with Gasteiger partial charge in [-0.05, 0) is 80.0 Å². The van der Waals surface area contributed by atoms with Gasteiger partial charge in [-0.25, -0.2) is 0 Å². The first-order valence-electron chi connectivity index (χ1n) is 8.37. The summed E-state index contributed by atoms with van der Waals surface area (Å²) in [7, 11) is 0. The maximum Gasteiger partial charge on any atom is 0.311 e. The van der Waals surface area contributed by atoms with E-state index in [9.17, 15) is 4.79 Å². The minimum absolute atomic E-state index is 0.132. The van der Waals surface area contributed by atoms with Crippen LogP contribution in [0.4, 0.5) is 0 Å². The number of ether oxygens (including phenoxy) is 1. The molecular weight excluding hydrogens is 354 g/mol. The molecule has 0 amide bonds. The smallest absolute Gasteiger partial charge is 0.311 e. The highest BCUT2D eigenvalue weighted by molar-refractivity contribution is 9.10. The predicted octanol–water partition coefficient (Wildman–Crippen LogP) is 4.59. The minimum Gasteiger partial charge on any atom is -0.427 e. The van der Waals surface area contributed by atoms with Gasteiger partial charge in [0.15, 0.2) is 0 Å². The lowest BCUT2D eigenvalue weighted by atomic mass is 9.49. The molecule has 4 atom stereocenters. The summed E-state index contributed by atoms with van der Waals surface area (Å²) in [6.07, 6.45) is 7.88. The number of nitrogens with zero attached hydrogens (tertiary/aromatic N) is 1. The van der Waals surface area contributed by atoms with E-state index in [0.29, 0.717) is 17.7 Å². The standard InChI is InChI=1S/C19H20BrNO2/c20-19-8-14-5-15(9-19)7-18(6-14,12-19)10-17(22)23-16-3-1-13(11-21)2-4-16/h1-4,14-15H,5-10,12H2/t14-,15+,18?,19?. The Hall–Kier alpha value is -1.34. The highest BCUT2D eigenvalue weighted by Crippen LogP contribution is 2.65. The zero-order valence-electron chi connectivity index (χ0n) is 13.1. The van der Waals surface area contributed by atoms with Crippen LogP contribution in [0.2, 0.25) is 0 Å². The summed E-state index contributed by atoms with van der Waals surface area (Å²) < 4.78 is 5.79. The van der Waals surface area contributed by atoms with Crippen molar-refractivity contribution in [2.45, 2.75) is 49.3 Å². The average molecular weight is 374 g/mol. The molecule has 2 unspecified atom stereocenters. The number of nitriles is 1. The summed E-state index contributed by atoms with van der Waals surface area (Å²) in [5.41, 5.74) is 0.712. The summed E-state index contributed by atoms with van der Waals surface area (Å²) in [5, 5.41) is 8.81. The fraction of sp³-hybridized carbons (Fsp3) is 0.579. The molecule has 0 saturated heterocycles. The van der Waals surface area contributed by atoms with Gasteiger partial charge in [-0.15, -0.1) is 0 Å². The van der Waals surface area contributed by atoms with Crippen molar-refractivity contribution in [3.63, 3.8) is 0 Å². The lowest BCUT2D eigenvalue weighted by molar-refractivity contribution is -0.141. The zero-order valence-corrected chi connectivity index (χ0v) is 14.6. The number of carbonyl (C=O) groups excluding carboxylic acids is 1. The van der Waals surface area contributed by atoms with E-state index in [4.69, 9.17) is 10.00 Å². The van der Waals surface area contributed by atoms with Crippen LogP contribution in [-0.2, 0) is 4.79 Å². The van der Waals surface area contributed by atoms with Crippen molar-refractivity contribution in [3.8, 4) is 11.8 Å². The van der Waals surface area contributed by atoms with E-state index in [1.807, 2.05) is 0 Å². The normalized spacial score (nSPS) is 37.4. The van der Waals surface area contributed by atoms with Gasteiger partial charge in [0.2, 0.25) is 0 Å². The molecule has 0 aromatic heterocycles. The van der Waals surface area contributed by atoms with Crippen molar-refractivity contribution in [1.82, 2.24) is 0 Å². The SMILES string of the molecule is N#Cc1ccc(OC(=O)CC23C[C@@H]4C[C@@H](CC(Br)(C4)C2)C3)cc1. The van der Waals surface area contributed by atoms with Crippen LogP contribution in [0.15, 0.2) is 24.3 Å². The van der Waals surface area contributed by atoms with Gasteiger partial charge in [0.25, 0.3) is 0 Å². The minimum atomic E-state index is -0.132. The van der Waals surface area contributed by atoms with Gasteiger partial charge in [-0.3, -0.25) is 4.79 Å². The fourth-order valence-corrected chi connectivity index (χ4v) is 7.12. The Morgan fingerprint density at radius 3 is 2.43 bits per heavy atom. The molecule has 4 aliphatic rings. The van der Waals surface area contributed by atoms with Crippen molar-refractivity contribution in [2.75, 3.05) is 0 Å². The number of alkyl halides is 1. The van der Waals surface area contributed by atoms with E-state index in [2.05, 4.69) is 22.0 Å². The van der Waals surface area contributed by atoms with Crippen molar-refractivity contribution in [1.29, 1.82) is 5.26 Å². The van der Waals surface area contributed by atoms with Crippen LogP contribution in [-0.4, -0.2) is 10.3 Å². The third kappa shape index (κ3) is 2.92. The fourth-order valence-electron chi connectivity index (χ4n) is 5.61. The highest BCUT2D eigenvalue weighted by Gasteiger charge is 2.57. The Morgan fingerprint density at radius 1 is 1.22 bits per heavy atom. The van der Waals surface area contributed by atoms with Crippen LogP contribution in [0.1, 0.15) is 50.5 Å². The van der Waals surface area contributed by atoms with Crippen molar-refractivity contribution in [3.05, 3.63) is 29.8 Å². The van der Waals surface area contributed by atoms with E-state index in [-0.39, 0.29) is 15.7 Å². The number of esters is 1. The van der Waals surface area contributed by atoms with Gasteiger partial charge in [0.1, 0.15) is 5.75 Å². The number of carbonyl (C=O) groups is 1. The second-order valence-corrected chi connectivity index (χ2v) is 9.58. The van der Waals surface area contributed by atoms with E-state index in [1.54, 1.807) is 24.3 Å². The number of hydrogen-bond acceptors (Lipinski definition) is 3. The summed E-state index contributed by atoms with van der Waals surface area (Å²) in [5.74, 6) is 1.96. The van der Waals surface area contributed by atoms with E-state index in [1.165, 1.54) is 32.1 Å². The molecule has 120 valence electrons. The lowest BCUT2D eigenvalue weighted by Crippen LogP contribution is -2.53. The van der Waals surface area contributed by atoms with E-state index in [0.717, 1.165) is 18.3 Å². The van der Waals surface area contributed by atoms with Crippen LogP contribution in [0.5, 0.6) is 5.75 Å². The van der Waals surface area contributed by atoms with Gasteiger partial charge >= 0.3 is 5.97 Å². The third-order valence-corrected chi connectivity index (χ3v) is 6.77. The summed E-state index contributed by atoms with van der Waals surface area (Å²) in [4.78, 5) is 12.5. The van der Waals surface area contributed by atoms with E-state index < -0.39 is 0 Å². The second kappa shape index (κ2) is 5.34. The van der Waals surface area contributed by atoms with Crippen LogP contribution in [0.3, 0.4) is 0 Å². The molecule has 4 saturated carbocycles. The highest BCUT2D eigenvalue weighted by atomic mass is 79.9. The largest absolute Gasteiger partial charge is 0.427 e. The molecule has 4 aliphatic carbocycles. The molecule has 23 heavy (non-hydrogen) atoms. The van der Waals surface area contributed by atoms with Gasteiger partial charge < -0.3 is 4.74 Å². The lowest BCUT2D eigenvalue weighted by Gasteiger charge is -2.60. The summed E-state index contributed by atoms with van der Waals surface area (Å²) in [6.45, 7) is 0. The molecule has 0 radical (unpaired) electrons. The maximum atomic E-state index is 12.5. The molecule has 4 fully saturated rings. The van der Waals surface area contributed by atoms with Crippen molar-refractivity contribution in [2.24, 2.45) is 17.3 Å². The van der Waals surface area contributed by atoms with Crippen LogP contribution in [0, 0.1) is 28.6 Å². The molecule has 0 heterocycles. The Labute approximate surface area is 145 Å². The predicted molar refractivity (Wildman–Crippen MR) is 90.2 cm³/mol. The Balaban J connectivity index is 1.45. The maximum absolute atomic E-state index is 12.5. The molecule has 4 heteroatoms. The monoisotopic (exact) mass is 373 g/mol. The van der Waals surface area contributed by atoms with Gasteiger partial charge in [0, 0.05) is 4.32 Å². The summed E-state index contributed by atoms with van der Waals surface area (Å²) >= 11 is 3.98. The Morgan fingerprint density at radius 2 is 1.87 bits per heavy atom. The molecule has 0 aliphatic heterocycles. The van der Waals surface area contributed by atoms with Gasteiger partial charge in [-0.2, -0.15) is 5.26 Å². The average Bonchev–Trinajstić information content (AvgIpc) is 2.44. The van der Waals surface area contributed by atoms with Crippen LogP contribution >= 0.6 is 15.9 Å². The zero-order chi connectivity index (χ0) is 16.1. The number of halogens is 1. The molecule has 1 aromatic carbocycles. The molecule has 1 aromatic rings. The number of rotatable bonds is 3. The second-order valence-electron chi connectivity index (χ2n) is 7.90. The van der Waals surface area contributed by atoms with Crippen molar-refractivity contribution < 1.29 is 9.53 Å². The molecule has 3 nitrogen and oxygen atoms in total. The number of benzene rings is 1.